The van der Waals surface area contributed by atoms with Gasteiger partial charge in [0.05, 0.1) is 31.5 Å². The van der Waals surface area contributed by atoms with E-state index in [-0.39, 0.29) is 21.7 Å². The van der Waals surface area contributed by atoms with Crippen LogP contribution in [0.15, 0.2) is 48.7 Å². The standard InChI is InChI=1S/C25H22ClFN4O4/c1-31-20-10-19(28-11-13-4-6-15(34-2)9-21(13)35-3)23-22(16(20)12-29-31)24(32)30-25(23,33)17-8-14(27)5-7-18(17)26/h4-10,12,28,33H,11H2,1-3H3,(H,30,32). The highest BCUT2D eigenvalue weighted by atomic mass is 35.5. The van der Waals surface area contributed by atoms with E-state index in [1.54, 1.807) is 44.3 Å². The highest BCUT2D eigenvalue weighted by Crippen LogP contribution is 2.45. The summed E-state index contributed by atoms with van der Waals surface area (Å²) >= 11 is 6.35. The Labute approximate surface area is 205 Å². The topological polar surface area (TPSA) is 97.6 Å². The summed E-state index contributed by atoms with van der Waals surface area (Å²) in [6, 6.07) is 10.9. The zero-order valence-electron chi connectivity index (χ0n) is 19.1. The number of hydrogen-bond acceptors (Lipinski definition) is 6. The monoisotopic (exact) mass is 496 g/mol. The minimum Gasteiger partial charge on any atom is -0.497 e. The third-order valence-corrected chi connectivity index (χ3v) is 6.55. The van der Waals surface area contributed by atoms with E-state index in [2.05, 4.69) is 15.7 Å². The molecule has 0 bridgehead atoms. The lowest BCUT2D eigenvalue weighted by Gasteiger charge is -2.28. The number of nitrogens with one attached hydrogen (secondary N) is 2. The predicted molar refractivity (Wildman–Crippen MR) is 129 cm³/mol. The van der Waals surface area contributed by atoms with Crippen molar-refractivity contribution >= 4 is 34.1 Å². The number of methoxy groups -OCH3 is 2. The number of anilines is 1. The molecule has 0 aliphatic carbocycles. The number of halogens is 2. The van der Waals surface area contributed by atoms with Crippen LogP contribution < -0.4 is 20.1 Å². The van der Waals surface area contributed by atoms with Crippen LogP contribution >= 0.6 is 11.6 Å². The van der Waals surface area contributed by atoms with Gasteiger partial charge in [-0.05, 0) is 36.4 Å². The van der Waals surface area contributed by atoms with Crippen molar-refractivity contribution in [2.24, 2.45) is 7.05 Å². The lowest BCUT2D eigenvalue weighted by molar-refractivity contribution is 0.0478. The van der Waals surface area contributed by atoms with Crippen molar-refractivity contribution in [3.05, 3.63) is 81.8 Å². The van der Waals surface area contributed by atoms with Gasteiger partial charge in [-0.3, -0.25) is 9.48 Å². The zero-order valence-corrected chi connectivity index (χ0v) is 19.9. The number of ether oxygens (including phenoxy) is 2. The lowest BCUT2D eigenvalue weighted by Crippen LogP contribution is -2.41. The molecule has 8 nitrogen and oxygen atoms in total. The molecule has 0 spiro atoms. The van der Waals surface area contributed by atoms with Gasteiger partial charge in [-0.2, -0.15) is 5.10 Å². The Morgan fingerprint density at radius 2 is 2.00 bits per heavy atom. The smallest absolute Gasteiger partial charge is 0.255 e. The van der Waals surface area contributed by atoms with Gasteiger partial charge in [0.1, 0.15) is 17.3 Å². The largest absolute Gasteiger partial charge is 0.497 e. The molecule has 2 heterocycles. The van der Waals surface area contributed by atoms with Crippen LogP contribution in [0.25, 0.3) is 10.9 Å². The molecule has 180 valence electrons. The zero-order chi connectivity index (χ0) is 24.9. The van der Waals surface area contributed by atoms with E-state index in [0.29, 0.717) is 34.6 Å². The second-order valence-corrected chi connectivity index (χ2v) is 8.60. The molecule has 1 amide bonds. The molecule has 1 aromatic heterocycles. The summed E-state index contributed by atoms with van der Waals surface area (Å²) in [5.41, 5.74) is 0.386. The first-order chi connectivity index (χ1) is 16.8. The minimum absolute atomic E-state index is 0.0274. The van der Waals surface area contributed by atoms with Gasteiger partial charge >= 0.3 is 0 Å². The van der Waals surface area contributed by atoms with Crippen molar-refractivity contribution in [2.75, 3.05) is 19.5 Å². The first kappa shape index (κ1) is 22.9. The van der Waals surface area contributed by atoms with Crippen molar-refractivity contribution in [1.82, 2.24) is 15.1 Å². The Balaban J connectivity index is 1.68. The average molecular weight is 497 g/mol. The van der Waals surface area contributed by atoms with Crippen molar-refractivity contribution < 1.29 is 23.8 Å². The van der Waals surface area contributed by atoms with Gasteiger partial charge in [-0.1, -0.05) is 11.6 Å². The number of rotatable bonds is 6. The second-order valence-electron chi connectivity index (χ2n) is 8.20. The molecule has 1 unspecified atom stereocenters. The highest BCUT2D eigenvalue weighted by Gasteiger charge is 2.47. The first-order valence-corrected chi connectivity index (χ1v) is 11.1. The summed E-state index contributed by atoms with van der Waals surface area (Å²) in [5.74, 6) is 0.132. The molecular formula is C25H22ClFN4O4. The van der Waals surface area contributed by atoms with Gasteiger partial charge in [0, 0.05) is 52.4 Å². The summed E-state index contributed by atoms with van der Waals surface area (Å²) in [6.07, 6.45) is 1.56. The maximum absolute atomic E-state index is 14.2. The molecular weight excluding hydrogens is 475 g/mol. The molecule has 0 fully saturated rings. The third kappa shape index (κ3) is 3.64. The van der Waals surface area contributed by atoms with Gasteiger partial charge in [-0.25, -0.2) is 4.39 Å². The molecule has 3 N–H and O–H groups in total. The van der Waals surface area contributed by atoms with E-state index in [9.17, 15) is 14.3 Å². The quantitative estimate of drug-likeness (QED) is 0.374. The SMILES string of the molecule is COc1ccc(CNc2cc3c(cnn3C)c3c2C(O)(c2cc(F)ccc2Cl)NC3=O)c(OC)c1. The number of aryl methyl sites for hydroxylation is 1. The van der Waals surface area contributed by atoms with Crippen molar-refractivity contribution in [2.45, 2.75) is 12.3 Å². The van der Waals surface area contributed by atoms with E-state index >= 15 is 0 Å². The normalized spacial score (nSPS) is 16.8. The van der Waals surface area contributed by atoms with Crippen LogP contribution in [0, 0.1) is 5.82 Å². The lowest BCUT2D eigenvalue weighted by atomic mass is 9.91. The molecule has 0 radical (unpaired) electrons. The molecule has 1 aliphatic rings. The number of hydrogen-bond donors (Lipinski definition) is 3. The highest BCUT2D eigenvalue weighted by molar-refractivity contribution is 6.31. The van der Waals surface area contributed by atoms with Crippen molar-refractivity contribution in [1.29, 1.82) is 0 Å². The molecule has 3 aromatic carbocycles. The Kier molecular flexibility index (Phi) is 5.53. The fourth-order valence-electron chi connectivity index (χ4n) is 4.49. The molecule has 5 rings (SSSR count). The van der Waals surface area contributed by atoms with Gasteiger partial charge in [-0.15, -0.1) is 0 Å². The summed E-state index contributed by atoms with van der Waals surface area (Å²) in [6.45, 7) is 0.296. The number of aromatic nitrogens is 2. The number of amides is 1. The van der Waals surface area contributed by atoms with Crippen LogP contribution in [0.1, 0.15) is 27.0 Å². The van der Waals surface area contributed by atoms with E-state index in [1.807, 2.05) is 12.1 Å². The third-order valence-electron chi connectivity index (χ3n) is 6.22. The summed E-state index contributed by atoms with van der Waals surface area (Å²) < 4.78 is 26.6. The number of benzene rings is 3. The first-order valence-electron chi connectivity index (χ1n) is 10.7. The molecule has 0 saturated carbocycles. The number of nitrogens with zero attached hydrogens (tertiary/aromatic N) is 2. The van der Waals surface area contributed by atoms with Gasteiger partial charge in [0.2, 0.25) is 0 Å². The van der Waals surface area contributed by atoms with Crippen LogP contribution in [0.4, 0.5) is 10.1 Å². The Morgan fingerprint density at radius 1 is 1.20 bits per heavy atom. The van der Waals surface area contributed by atoms with E-state index in [1.165, 1.54) is 12.1 Å². The Hall–Kier alpha value is -3.82. The van der Waals surface area contributed by atoms with Gasteiger partial charge < -0.3 is 25.2 Å². The number of fused-ring (bicyclic) bond motifs is 3. The number of carbonyl (C=O) groups excluding carboxylic acids is 1. The molecule has 0 saturated heterocycles. The number of carbonyl (C=O) groups is 1. The summed E-state index contributed by atoms with van der Waals surface area (Å²) in [4.78, 5) is 13.2. The van der Waals surface area contributed by atoms with Crippen LogP contribution in [0.3, 0.4) is 0 Å². The second kappa shape index (κ2) is 8.44. The molecule has 1 aliphatic heterocycles. The molecule has 1 atom stereocenters. The van der Waals surface area contributed by atoms with Crippen LogP contribution in [-0.2, 0) is 19.3 Å². The van der Waals surface area contributed by atoms with Gasteiger partial charge in [0.25, 0.3) is 5.91 Å². The van der Waals surface area contributed by atoms with Crippen molar-refractivity contribution in [3.63, 3.8) is 0 Å². The summed E-state index contributed by atoms with van der Waals surface area (Å²) in [5, 5.41) is 22.7. The molecule has 35 heavy (non-hydrogen) atoms. The fourth-order valence-corrected chi connectivity index (χ4v) is 4.75. The number of aliphatic hydroxyl groups is 1. The fraction of sp³-hybridized carbons (Fsp3) is 0.200. The average Bonchev–Trinajstić information content (AvgIpc) is 3.35. The Bertz CT molecular complexity index is 1490. The summed E-state index contributed by atoms with van der Waals surface area (Å²) in [7, 11) is 4.89. The molecule has 10 heteroatoms. The van der Waals surface area contributed by atoms with Crippen LogP contribution in [-0.4, -0.2) is 35.0 Å². The van der Waals surface area contributed by atoms with Crippen LogP contribution in [0.5, 0.6) is 11.5 Å². The van der Waals surface area contributed by atoms with Gasteiger partial charge in [0.15, 0.2) is 5.72 Å². The van der Waals surface area contributed by atoms with E-state index in [0.717, 1.165) is 11.6 Å². The van der Waals surface area contributed by atoms with E-state index < -0.39 is 17.4 Å². The maximum atomic E-state index is 14.2. The predicted octanol–water partition coefficient (Wildman–Crippen LogP) is 3.93. The molecule has 4 aromatic rings. The van der Waals surface area contributed by atoms with Crippen LogP contribution in [0.2, 0.25) is 5.02 Å². The Morgan fingerprint density at radius 3 is 2.74 bits per heavy atom. The maximum Gasteiger partial charge on any atom is 0.255 e. The van der Waals surface area contributed by atoms with E-state index in [4.69, 9.17) is 21.1 Å². The van der Waals surface area contributed by atoms with Crippen molar-refractivity contribution in [3.8, 4) is 11.5 Å². The minimum atomic E-state index is -2.07.